The number of benzene rings is 1. The number of nitrogens with zero attached hydrogens (tertiary/aromatic N) is 1. The van der Waals surface area contributed by atoms with Crippen LogP contribution in [0.15, 0.2) is 36.2 Å². The normalized spacial score (nSPS) is 11.9. The van der Waals surface area contributed by atoms with Gasteiger partial charge in [0.2, 0.25) is 5.70 Å². The van der Waals surface area contributed by atoms with Crippen molar-refractivity contribution in [2.45, 2.75) is 19.8 Å². The highest BCUT2D eigenvalue weighted by Gasteiger charge is 2.09. The second-order valence-corrected chi connectivity index (χ2v) is 3.97. The molecule has 0 saturated heterocycles. The molecule has 0 spiro atoms. The lowest BCUT2D eigenvalue weighted by Gasteiger charge is -1.98. The van der Waals surface area contributed by atoms with Gasteiger partial charge in [-0.05, 0) is 29.5 Å². The molecule has 2 rings (SSSR count). The van der Waals surface area contributed by atoms with Gasteiger partial charge in [0.05, 0.1) is 4.92 Å². The molecule has 0 atom stereocenters. The molecule has 4 nitrogen and oxygen atoms in total. The van der Waals surface area contributed by atoms with Crippen LogP contribution in [0.5, 0.6) is 0 Å². The first-order valence-electron chi connectivity index (χ1n) is 5.63. The summed E-state index contributed by atoms with van der Waals surface area (Å²) in [5, 5.41) is 11.9. The molecular weight excluding hydrogens is 216 g/mol. The monoisotopic (exact) mass is 230 g/mol. The van der Waals surface area contributed by atoms with Crippen LogP contribution in [-0.4, -0.2) is 9.91 Å². The minimum Gasteiger partial charge on any atom is -0.361 e. The van der Waals surface area contributed by atoms with E-state index in [-0.39, 0.29) is 10.6 Å². The number of aromatic amines is 1. The molecule has 0 bridgehead atoms. The van der Waals surface area contributed by atoms with Crippen LogP contribution >= 0.6 is 0 Å². The van der Waals surface area contributed by atoms with E-state index in [1.54, 1.807) is 6.08 Å². The van der Waals surface area contributed by atoms with Crippen LogP contribution in [0.25, 0.3) is 17.0 Å². The van der Waals surface area contributed by atoms with Gasteiger partial charge in [-0.25, -0.2) is 0 Å². The molecule has 0 aliphatic heterocycles. The molecule has 0 aliphatic carbocycles. The van der Waals surface area contributed by atoms with Crippen molar-refractivity contribution < 1.29 is 4.92 Å². The molecule has 0 aliphatic rings. The van der Waals surface area contributed by atoms with Gasteiger partial charge in [0.25, 0.3) is 0 Å². The van der Waals surface area contributed by atoms with Crippen molar-refractivity contribution in [2.75, 3.05) is 0 Å². The number of nitro groups is 1. The van der Waals surface area contributed by atoms with Crippen LogP contribution in [0.3, 0.4) is 0 Å². The van der Waals surface area contributed by atoms with Crippen molar-refractivity contribution in [2.24, 2.45) is 0 Å². The van der Waals surface area contributed by atoms with Gasteiger partial charge >= 0.3 is 0 Å². The first kappa shape index (κ1) is 11.4. The van der Waals surface area contributed by atoms with Crippen molar-refractivity contribution in [1.82, 2.24) is 4.98 Å². The molecular formula is C13H14N2O2. The number of hydrogen-bond acceptors (Lipinski definition) is 2. The zero-order valence-corrected chi connectivity index (χ0v) is 9.64. The van der Waals surface area contributed by atoms with E-state index in [0.717, 1.165) is 22.9 Å². The second kappa shape index (κ2) is 4.82. The standard InChI is InChI=1S/C13H14N2O2/c1-2-3-12(15(16)17)8-10-4-5-11-6-7-14-13(11)9-10/h4-9,14H,2-3H2,1H3. The summed E-state index contributed by atoms with van der Waals surface area (Å²) in [6.45, 7) is 1.94. The Morgan fingerprint density at radius 1 is 1.47 bits per heavy atom. The largest absolute Gasteiger partial charge is 0.361 e. The molecule has 17 heavy (non-hydrogen) atoms. The number of H-pyrrole nitrogens is 1. The van der Waals surface area contributed by atoms with E-state index in [1.165, 1.54) is 0 Å². The van der Waals surface area contributed by atoms with Crippen LogP contribution in [0.2, 0.25) is 0 Å². The lowest BCUT2D eigenvalue weighted by atomic mass is 10.1. The predicted molar refractivity (Wildman–Crippen MR) is 68.2 cm³/mol. The van der Waals surface area contributed by atoms with Crippen LogP contribution in [-0.2, 0) is 0 Å². The Labute approximate surface area is 99.1 Å². The van der Waals surface area contributed by atoms with Crippen LogP contribution in [0, 0.1) is 10.1 Å². The molecule has 0 amide bonds. The summed E-state index contributed by atoms with van der Waals surface area (Å²) in [7, 11) is 0. The molecule has 1 aromatic heterocycles. The van der Waals surface area contributed by atoms with Gasteiger partial charge in [-0.2, -0.15) is 0 Å². The molecule has 0 unspecified atom stereocenters. The zero-order valence-electron chi connectivity index (χ0n) is 9.64. The number of hydrogen-bond donors (Lipinski definition) is 1. The first-order chi connectivity index (χ1) is 8.20. The van der Waals surface area contributed by atoms with E-state index in [9.17, 15) is 10.1 Å². The van der Waals surface area contributed by atoms with Gasteiger partial charge in [0.1, 0.15) is 0 Å². The molecule has 0 radical (unpaired) electrons. The summed E-state index contributed by atoms with van der Waals surface area (Å²) in [6, 6.07) is 7.76. The maximum absolute atomic E-state index is 10.8. The third-order valence-electron chi connectivity index (χ3n) is 2.65. The van der Waals surface area contributed by atoms with Gasteiger partial charge in [0.15, 0.2) is 0 Å². The Morgan fingerprint density at radius 3 is 3.00 bits per heavy atom. The summed E-state index contributed by atoms with van der Waals surface area (Å²) >= 11 is 0. The van der Waals surface area contributed by atoms with Gasteiger partial charge in [0, 0.05) is 24.2 Å². The Hall–Kier alpha value is -2.10. The third kappa shape index (κ3) is 2.53. The number of fused-ring (bicyclic) bond motifs is 1. The molecule has 1 N–H and O–H groups in total. The Morgan fingerprint density at radius 2 is 2.29 bits per heavy atom. The molecule has 1 aromatic carbocycles. The fraction of sp³-hybridized carbons (Fsp3) is 0.231. The van der Waals surface area contributed by atoms with Gasteiger partial charge in [-0.15, -0.1) is 0 Å². The summed E-state index contributed by atoms with van der Waals surface area (Å²) in [5.41, 5.74) is 2.12. The van der Waals surface area contributed by atoms with Crippen molar-refractivity contribution in [3.63, 3.8) is 0 Å². The van der Waals surface area contributed by atoms with Crippen molar-refractivity contribution >= 4 is 17.0 Å². The molecule has 0 saturated carbocycles. The number of aromatic nitrogens is 1. The van der Waals surface area contributed by atoms with Crippen molar-refractivity contribution in [3.05, 3.63) is 51.8 Å². The van der Waals surface area contributed by atoms with Crippen LogP contribution in [0.1, 0.15) is 25.3 Å². The highest BCUT2D eigenvalue weighted by molar-refractivity contribution is 5.81. The summed E-state index contributed by atoms with van der Waals surface area (Å²) < 4.78 is 0. The maximum atomic E-state index is 10.8. The fourth-order valence-corrected chi connectivity index (χ4v) is 1.82. The summed E-state index contributed by atoms with van der Waals surface area (Å²) in [5.74, 6) is 0. The average Bonchev–Trinajstić information content (AvgIpc) is 2.75. The van der Waals surface area contributed by atoms with E-state index in [0.29, 0.717) is 6.42 Å². The Kier molecular flexibility index (Phi) is 3.23. The van der Waals surface area contributed by atoms with Crippen LogP contribution < -0.4 is 0 Å². The smallest absolute Gasteiger partial charge is 0.246 e. The number of allylic oxidation sites excluding steroid dienone is 1. The fourth-order valence-electron chi connectivity index (χ4n) is 1.82. The lowest BCUT2D eigenvalue weighted by Crippen LogP contribution is -1.97. The van der Waals surface area contributed by atoms with E-state index in [4.69, 9.17) is 0 Å². The van der Waals surface area contributed by atoms with E-state index in [1.807, 2.05) is 37.4 Å². The number of rotatable bonds is 4. The number of nitrogens with one attached hydrogen (secondary N) is 1. The SMILES string of the molecule is CCCC(=Cc1ccc2cc[nH]c2c1)[N+](=O)[O-]. The van der Waals surface area contributed by atoms with E-state index in [2.05, 4.69) is 4.98 Å². The molecule has 1 heterocycles. The highest BCUT2D eigenvalue weighted by Crippen LogP contribution is 2.18. The van der Waals surface area contributed by atoms with Crippen molar-refractivity contribution in [3.8, 4) is 0 Å². The van der Waals surface area contributed by atoms with Gasteiger partial charge in [-0.3, -0.25) is 10.1 Å². The quantitative estimate of drug-likeness (QED) is 0.644. The summed E-state index contributed by atoms with van der Waals surface area (Å²) in [4.78, 5) is 13.6. The molecule has 4 heteroatoms. The minimum absolute atomic E-state index is 0.262. The minimum atomic E-state index is -0.303. The molecule has 0 fully saturated rings. The average molecular weight is 230 g/mol. The highest BCUT2D eigenvalue weighted by atomic mass is 16.6. The zero-order chi connectivity index (χ0) is 12.3. The first-order valence-corrected chi connectivity index (χ1v) is 5.63. The van der Waals surface area contributed by atoms with Gasteiger partial charge in [-0.1, -0.05) is 19.1 Å². The lowest BCUT2D eigenvalue weighted by molar-refractivity contribution is -0.426. The second-order valence-electron chi connectivity index (χ2n) is 3.97. The maximum Gasteiger partial charge on any atom is 0.246 e. The third-order valence-corrected chi connectivity index (χ3v) is 2.65. The topological polar surface area (TPSA) is 58.9 Å². The molecule has 2 aromatic rings. The van der Waals surface area contributed by atoms with Gasteiger partial charge < -0.3 is 4.98 Å². The Balaban J connectivity index is 2.37. The Bertz CT molecular complexity index is 570. The molecule has 88 valence electrons. The predicted octanol–water partition coefficient (Wildman–Crippen LogP) is 3.59. The van der Waals surface area contributed by atoms with Crippen LogP contribution in [0.4, 0.5) is 0 Å². The van der Waals surface area contributed by atoms with Crippen molar-refractivity contribution in [1.29, 1.82) is 0 Å². The summed E-state index contributed by atoms with van der Waals surface area (Å²) in [6.07, 6.45) is 4.77. The van der Waals surface area contributed by atoms with E-state index < -0.39 is 0 Å². The van der Waals surface area contributed by atoms with E-state index >= 15 is 0 Å².